The van der Waals surface area contributed by atoms with E-state index in [-0.39, 0.29) is 11.1 Å². The van der Waals surface area contributed by atoms with Crippen LogP contribution < -0.4 is 4.74 Å². The van der Waals surface area contributed by atoms with E-state index in [1.165, 1.54) is 28.7 Å². The lowest BCUT2D eigenvalue weighted by molar-refractivity contribution is -0.137. The average molecular weight is 443 g/mol. The Hall–Kier alpha value is -3.22. The van der Waals surface area contributed by atoms with Crippen LogP contribution in [-0.2, 0) is 12.8 Å². The van der Waals surface area contributed by atoms with Crippen molar-refractivity contribution in [3.05, 3.63) is 75.2 Å². The lowest BCUT2D eigenvalue weighted by Crippen LogP contribution is -2.03. The summed E-state index contributed by atoms with van der Waals surface area (Å²) in [4.78, 5) is 8.38. The molecule has 0 aliphatic heterocycles. The van der Waals surface area contributed by atoms with Crippen molar-refractivity contribution in [1.82, 2.24) is 9.97 Å². The fraction of sp³-hybridized carbons (Fsp3) is 0.0952. The molecule has 0 aliphatic rings. The molecule has 0 spiro atoms. The third-order valence-corrected chi connectivity index (χ3v) is 5.83. The maximum Gasteiger partial charge on any atom is 0.416 e. The fourth-order valence-corrected chi connectivity index (χ4v) is 4.11. The summed E-state index contributed by atoms with van der Waals surface area (Å²) in [5, 5.41) is 11.8. The molecule has 4 nitrogen and oxygen atoms in total. The van der Waals surface area contributed by atoms with Crippen molar-refractivity contribution in [2.45, 2.75) is 12.8 Å². The summed E-state index contributed by atoms with van der Waals surface area (Å²) in [5.41, 5.74) is 3.07. The van der Waals surface area contributed by atoms with E-state index in [2.05, 4.69) is 16.0 Å². The zero-order valence-electron chi connectivity index (χ0n) is 15.2. The molecule has 0 fully saturated rings. The van der Waals surface area contributed by atoms with Gasteiger partial charge in [-0.25, -0.2) is 9.97 Å². The van der Waals surface area contributed by atoms with Gasteiger partial charge in [0.1, 0.15) is 23.4 Å². The van der Waals surface area contributed by atoms with E-state index in [1.54, 1.807) is 35.9 Å². The molecule has 0 amide bonds. The van der Waals surface area contributed by atoms with Crippen LogP contribution in [0, 0.1) is 11.3 Å². The monoisotopic (exact) mass is 443 g/mol. The van der Waals surface area contributed by atoms with Crippen LogP contribution in [-0.4, -0.2) is 9.97 Å². The second kappa shape index (κ2) is 8.26. The molecule has 0 saturated carbocycles. The molecule has 30 heavy (non-hydrogen) atoms. The standard InChI is InChI=1S/C21H12F3N3OS2/c22-21(23,24)15-3-6-19-18(8-15)27-20(30-19)14(9-25)7-13-1-4-17(5-2-13)28-10-16-11-29-12-26-16/h1-8,11-12H,10H2/b14-7+. The maximum absolute atomic E-state index is 12.9. The highest BCUT2D eigenvalue weighted by molar-refractivity contribution is 7.19. The summed E-state index contributed by atoms with van der Waals surface area (Å²) < 4.78 is 44.9. The molecule has 4 aromatic rings. The van der Waals surface area contributed by atoms with Crippen LogP contribution in [0.1, 0.15) is 21.8 Å². The quantitative estimate of drug-likeness (QED) is 0.334. The number of nitrogens with zero attached hydrogens (tertiary/aromatic N) is 3. The number of hydrogen-bond donors (Lipinski definition) is 0. The maximum atomic E-state index is 12.9. The van der Waals surface area contributed by atoms with E-state index in [1.807, 2.05) is 5.38 Å². The van der Waals surface area contributed by atoms with Crippen molar-refractivity contribution >= 4 is 44.5 Å². The SMILES string of the molecule is N#C/C(=C\c1ccc(OCc2cscn2)cc1)c1nc2cc(C(F)(F)F)ccc2s1. The van der Waals surface area contributed by atoms with Crippen LogP contribution in [0.25, 0.3) is 21.9 Å². The number of halogens is 3. The summed E-state index contributed by atoms with van der Waals surface area (Å²) in [5.74, 6) is 0.665. The number of hydrogen-bond acceptors (Lipinski definition) is 6. The molecule has 2 heterocycles. The Morgan fingerprint density at radius 1 is 1.17 bits per heavy atom. The number of alkyl halides is 3. The highest BCUT2D eigenvalue weighted by Crippen LogP contribution is 2.34. The highest BCUT2D eigenvalue weighted by Gasteiger charge is 2.30. The number of nitriles is 1. The van der Waals surface area contributed by atoms with Crippen LogP contribution in [0.4, 0.5) is 13.2 Å². The first-order valence-electron chi connectivity index (χ1n) is 8.62. The van der Waals surface area contributed by atoms with E-state index in [4.69, 9.17) is 4.74 Å². The molecular formula is C21H12F3N3OS2. The molecular weight excluding hydrogens is 431 g/mol. The van der Waals surface area contributed by atoms with Gasteiger partial charge in [0.05, 0.1) is 32.6 Å². The van der Waals surface area contributed by atoms with Gasteiger partial charge in [-0.15, -0.1) is 22.7 Å². The third kappa shape index (κ3) is 4.50. The zero-order valence-corrected chi connectivity index (χ0v) is 16.8. The minimum atomic E-state index is -4.44. The molecule has 0 atom stereocenters. The number of thiazole rings is 2. The lowest BCUT2D eigenvalue weighted by atomic mass is 10.1. The summed E-state index contributed by atoms with van der Waals surface area (Å²) in [7, 11) is 0. The lowest BCUT2D eigenvalue weighted by Gasteiger charge is -2.04. The van der Waals surface area contributed by atoms with Crippen molar-refractivity contribution < 1.29 is 17.9 Å². The Bertz CT molecular complexity index is 1240. The number of aromatic nitrogens is 2. The number of benzene rings is 2. The first kappa shape index (κ1) is 20.1. The molecule has 150 valence electrons. The van der Waals surface area contributed by atoms with E-state index in [0.29, 0.717) is 22.1 Å². The van der Waals surface area contributed by atoms with E-state index >= 15 is 0 Å². The normalized spacial score (nSPS) is 12.1. The average Bonchev–Trinajstić information content (AvgIpc) is 3.39. The van der Waals surface area contributed by atoms with Gasteiger partial charge in [-0.05, 0) is 42.0 Å². The van der Waals surface area contributed by atoms with Crippen molar-refractivity contribution in [3.8, 4) is 11.8 Å². The Labute approximate surface area is 177 Å². The smallest absolute Gasteiger partial charge is 0.416 e. The minimum absolute atomic E-state index is 0.219. The second-order valence-corrected chi connectivity index (χ2v) is 7.96. The summed E-state index contributed by atoms with van der Waals surface area (Å²) in [6, 6.07) is 12.6. The molecule has 4 rings (SSSR count). The van der Waals surface area contributed by atoms with Crippen molar-refractivity contribution in [2.75, 3.05) is 0 Å². The van der Waals surface area contributed by atoms with Crippen LogP contribution in [0.3, 0.4) is 0 Å². The van der Waals surface area contributed by atoms with Crippen molar-refractivity contribution in [2.24, 2.45) is 0 Å². The minimum Gasteiger partial charge on any atom is -0.487 e. The van der Waals surface area contributed by atoms with Crippen LogP contribution in [0.15, 0.2) is 53.4 Å². The molecule has 9 heteroatoms. The van der Waals surface area contributed by atoms with E-state index in [9.17, 15) is 18.4 Å². The first-order chi connectivity index (χ1) is 14.4. The third-order valence-electron chi connectivity index (χ3n) is 4.13. The number of rotatable bonds is 5. The van der Waals surface area contributed by atoms with Gasteiger partial charge >= 0.3 is 6.18 Å². The summed E-state index contributed by atoms with van der Waals surface area (Å²) in [6.45, 7) is 0.369. The molecule has 2 aromatic heterocycles. The van der Waals surface area contributed by atoms with Gasteiger partial charge in [-0.3, -0.25) is 0 Å². The summed E-state index contributed by atoms with van der Waals surface area (Å²) >= 11 is 2.68. The van der Waals surface area contributed by atoms with Crippen LogP contribution >= 0.6 is 22.7 Å². The zero-order chi connectivity index (χ0) is 21.1. The summed E-state index contributed by atoms with van der Waals surface area (Å²) in [6.07, 6.45) is -2.79. The van der Waals surface area contributed by atoms with E-state index < -0.39 is 11.7 Å². The van der Waals surface area contributed by atoms with Gasteiger partial charge in [0.25, 0.3) is 0 Å². The molecule has 0 saturated heterocycles. The van der Waals surface area contributed by atoms with Crippen LogP contribution in [0.5, 0.6) is 5.75 Å². The largest absolute Gasteiger partial charge is 0.487 e. The Morgan fingerprint density at radius 2 is 1.97 bits per heavy atom. The highest BCUT2D eigenvalue weighted by atomic mass is 32.1. The van der Waals surface area contributed by atoms with Crippen LogP contribution in [0.2, 0.25) is 0 Å². The molecule has 0 bridgehead atoms. The van der Waals surface area contributed by atoms with Gasteiger partial charge in [-0.1, -0.05) is 12.1 Å². The van der Waals surface area contributed by atoms with Gasteiger partial charge < -0.3 is 4.74 Å². The van der Waals surface area contributed by atoms with Gasteiger partial charge in [0.2, 0.25) is 0 Å². The van der Waals surface area contributed by atoms with E-state index in [0.717, 1.165) is 23.4 Å². The molecule has 0 N–H and O–H groups in total. The van der Waals surface area contributed by atoms with Crippen molar-refractivity contribution in [3.63, 3.8) is 0 Å². The van der Waals surface area contributed by atoms with Gasteiger partial charge in [-0.2, -0.15) is 18.4 Å². The first-order valence-corrected chi connectivity index (χ1v) is 10.4. The number of fused-ring (bicyclic) bond motifs is 1. The number of ether oxygens (including phenoxy) is 1. The Kier molecular flexibility index (Phi) is 5.53. The molecule has 0 unspecified atom stereocenters. The number of allylic oxidation sites excluding steroid dienone is 1. The van der Waals surface area contributed by atoms with Gasteiger partial charge in [0.15, 0.2) is 0 Å². The van der Waals surface area contributed by atoms with Crippen molar-refractivity contribution in [1.29, 1.82) is 5.26 Å². The Balaban J connectivity index is 1.55. The predicted molar refractivity (Wildman–Crippen MR) is 111 cm³/mol. The molecule has 2 aromatic carbocycles. The Morgan fingerprint density at radius 3 is 2.63 bits per heavy atom. The predicted octanol–water partition coefficient (Wildman–Crippen LogP) is 6.41. The topological polar surface area (TPSA) is 58.8 Å². The van der Waals surface area contributed by atoms with Gasteiger partial charge in [0, 0.05) is 5.38 Å². The molecule has 0 radical (unpaired) electrons. The molecule has 0 aliphatic carbocycles. The fourth-order valence-electron chi connectivity index (χ4n) is 2.65. The second-order valence-electron chi connectivity index (χ2n) is 6.21.